The van der Waals surface area contributed by atoms with Crippen molar-refractivity contribution in [2.75, 3.05) is 42.9 Å². The van der Waals surface area contributed by atoms with Crippen molar-refractivity contribution >= 4 is 11.6 Å². The van der Waals surface area contributed by atoms with Crippen molar-refractivity contribution in [2.24, 2.45) is 5.92 Å². The van der Waals surface area contributed by atoms with Gasteiger partial charge in [0.05, 0.1) is 0 Å². The number of nitrogens with one attached hydrogen (secondary N) is 1. The lowest BCUT2D eigenvalue weighted by Crippen LogP contribution is -2.47. The molecule has 1 aromatic heterocycles. The number of rotatable bonds is 6. The first-order valence-corrected chi connectivity index (χ1v) is 9.36. The fraction of sp³-hybridized carbons (Fsp3) is 0.500. The molecule has 5 heteroatoms. The summed E-state index contributed by atoms with van der Waals surface area (Å²) in [5.74, 6) is 1.69. The summed E-state index contributed by atoms with van der Waals surface area (Å²) in [5, 5.41) is 3.29. The summed E-state index contributed by atoms with van der Waals surface area (Å²) >= 11 is 0. The first kappa shape index (κ1) is 16.3. The normalized spacial score (nSPS) is 18.4. The smallest absolute Gasteiger partial charge is 0.223 e. The van der Waals surface area contributed by atoms with Gasteiger partial charge in [0.15, 0.2) is 0 Å². The Hall–Kier alpha value is -2.14. The van der Waals surface area contributed by atoms with Gasteiger partial charge in [-0.05, 0) is 49.4 Å². The molecule has 1 saturated carbocycles. The van der Waals surface area contributed by atoms with Gasteiger partial charge in [-0.3, -0.25) is 4.90 Å². The summed E-state index contributed by atoms with van der Waals surface area (Å²) in [4.78, 5) is 13.8. The SMILES string of the molecule is Cc1ccnc(NCc2ccc(N3CCN(CC4CC4)CC3)cc2)n1. The average Bonchev–Trinajstić information content (AvgIpc) is 3.45. The zero-order valence-corrected chi connectivity index (χ0v) is 15.0. The van der Waals surface area contributed by atoms with Crippen LogP contribution < -0.4 is 10.2 Å². The van der Waals surface area contributed by atoms with Gasteiger partial charge in [0, 0.05) is 56.8 Å². The number of hydrogen-bond acceptors (Lipinski definition) is 5. The molecule has 2 aromatic rings. The van der Waals surface area contributed by atoms with Crippen LogP contribution in [0.3, 0.4) is 0 Å². The van der Waals surface area contributed by atoms with Gasteiger partial charge in [-0.1, -0.05) is 12.1 Å². The lowest BCUT2D eigenvalue weighted by atomic mass is 10.1. The van der Waals surface area contributed by atoms with Gasteiger partial charge < -0.3 is 10.2 Å². The molecular weight excluding hydrogens is 310 g/mol. The van der Waals surface area contributed by atoms with E-state index in [1.807, 2.05) is 13.0 Å². The van der Waals surface area contributed by atoms with Crippen LogP contribution in [0, 0.1) is 12.8 Å². The summed E-state index contributed by atoms with van der Waals surface area (Å²) < 4.78 is 0. The molecule has 0 unspecified atom stereocenters. The van der Waals surface area contributed by atoms with Crippen molar-refractivity contribution in [1.29, 1.82) is 0 Å². The van der Waals surface area contributed by atoms with E-state index in [1.54, 1.807) is 6.20 Å². The Labute approximate surface area is 150 Å². The van der Waals surface area contributed by atoms with E-state index in [-0.39, 0.29) is 0 Å². The molecular formula is C20H27N5. The highest BCUT2D eigenvalue weighted by Gasteiger charge is 2.26. The molecule has 25 heavy (non-hydrogen) atoms. The minimum absolute atomic E-state index is 0.691. The third kappa shape index (κ3) is 4.48. The van der Waals surface area contributed by atoms with E-state index in [9.17, 15) is 0 Å². The second-order valence-corrected chi connectivity index (χ2v) is 7.27. The predicted octanol–water partition coefficient (Wildman–Crippen LogP) is 2.93. The van der Waals surface area contributed by atoms with Crippen LogP contribution in [0.5, 0.6) is 0 Å². The van der Waals surface area contributed by atoms with E-state index < -0.39 is 0 Å². The molecule has 2 fully saturated rings. The molecule has 2 aliphatic rings. The first-order chi connectivity index (χ1) is 12.3. The maximum absolute atomic E-state index is 4.38. The van der Waals surface area contributed by atoms with Crippen LogP contribution in [0.15, 0.2) is 36.5 Å². The number of aromatic nitrogens is 2. The van der Waals surface area contributed by atoms with E-state index in [1.165, 1.54) is 43.7 Å². The number of anilines is 2. The van der Waals surface area contributed by atoms with Crippen LogP contribution in [-0.2, 0) is 6.54 Å². The maximum atomic E-state index is 4.38. The highest BCUT2D eigenvalue weighted by atomic mass is 15.3. The van der Waals surface area contributed by atoms with E-state index in [2.05, 4.69) is 49.4 Å². The van der Waals surface area contributed by atoms with Gasteiger partial charge >= 0.3 is 0 Å². The van der Waals surface area contributed by atoms with Crippen LogP contribution in [-0.4, -0.2) is 47.6 Å². The van der Waals surface area contributed by atoms with Crippen molar-refractivity contribution in [2.45, 2.75) is 26.3 Å². The Morgan fingerprint density at radius 3 is 2.48 bits per heavy atom. The number of hydrogen-bond donors (Lipinski definition) is 1. The van der Waals surface area contributed by atoms with E-state index in [4.69, 9.17) is 0 Å². The topological polar surface area (TPSA) is 44.3 Å². The summed E-state index contributed by atoms with van der Waals surface area (Å²) in [6, 6.07) is 10.8. The largest absolute Gasteiger partial charge is 0.369 e. The monoisotopic (exact) mass is 337 g/mol. The minimum atomic E-state index is 0.691. The molecule has 132 valence electrons. The van der Waals surface area contributed by atoms with Gasteiger partial charge in [-0.15, -0.1) is 0 Å². The number of aryl methyl sites for hydroxylation is 1. The molecule has 0 atom stereocenters. The zero-order valence-electron chi connectivity index (χ0n) is 15.0. The lowest BCUT2D eigenvalue weighted by Gasteiger charge is -2.36. The third-order valence-electron chi connectivity index (χ3n) is 5.13. The molecule has 1 saturated heterocycles. The minimum Gasteiger partial charge on any atom is -0.369 e. The van der Waals surface area contributed by atoms with Gasteiger partial charge in [0.1, 0.15) is 0 Å². The highest BCUT2D eigenvalue weighted by Crippen LogP contribution is 2.30. The summed E-state index contributed by atoms with van der Waals surface area (Å²) in [5.41, 5.74) is 3.57. The van der Waals surface area contributed by atoms with Crippen LogP contribution >= 0.6 is 0 Å². The Balaban J connectivity index is 1.28. The molecule has 0 radical (unpaired) electrons. The van der Waals surface area contributed by atoms with E-state index in [0.29, 0.717) is 5.95 Å². The Morgan fingerprint density at radius 1 is 1.04 bits per heavy atom. The first-order valence-electron chi connectivity index (χ1n) is 9.36. The van der Waals surface area contributed by atoms with Gasteiger partial charge in [0.2, 0.25) is 5.95 Å². The Morgan fingerprint density at radius 2 is 1.80 bits per heavy atom. The molecule has 0 amide bonds. The fourth-order valence-corrected chi connectivity index (χ4v) is 3.39. The van der Waals surface area contributed by atoms with Crippen LogP contribution in [0.25, 0.3) is 0 Å². The predicted molar refractivity (Wildman–Crippen MR) is 102 cm³/mol. The molecule has 0 spiro atoms. The number of nitrogens with zero attached hydrogens (tertiary/aromatic N) is 4. The molecule has 1 aromatic carbocycles. The van der Waals surface area contributed by atoms with Gasteiger partial charge in [-0.2, -0.15) is 0 Å². The summed E-state index contributed by atoms with van der Waals surface area (Å²) in [7, 11) is 0. The van der Waals surface area contributed by atoms with E-state index in [0.717, 1.165) is 31.2 Å². The van der Waals surface area contributed by atoms with Crippen molar-refractivity contribution in [3.63, 3.8) is 0 Å². The van der Waals surface area contributed by atoms with Crippen LogP contribution in [0.2, 0.25) is 0 Å². The van der Waals surface area contributed by atoms with Crippen molar-refractivity contribution in [3.8, 4) is 0 Å². The molecule has 5 nitrogen and oxygen atoms in total. The van der Waals surface area contributed by atoms with Gasteiger partial charge in [-0.25, -0.2) is 9.97 Å². The fourth-order valence-electron chi connectivity index (χ4n) is 3.39. The molecule has 0 bridgehead atoms. The van der Waals surface area contributed by atoms with Crippen LogP contribution in [0.1, 0.15) is 24.1 Å². The highest BCUT2D eigenvalue weighted by molar-refractivity contribution is 5.48. The molecule has 2 heterocycles. The zero-order chi connectivity index (χ0) is 17.1. The van der Waals surface area contributed by atoms with Crippen molar-refractivity contribution < 1.29 is 0 Å². The summed E-state index contributed by atoms with van der Waals surface area (Å²) in [6.07, 6.45) is 4.68. The third-order valence-corrected chi connectivity index (χ3v) is 5.13. The van der Waals surface area contributed by atoms with Crippen molar-refractivity contribution in [1.82, 2.24) is 14.9 Å². The van der Waals surface area contributed by atoms with Crippen LogP contribution in [0.4, 0.5) is 11.6 Å². The second kappa shape index (κ2) is 7.40. The maximum Gasteiger partial charge on any atom is 0.223 e. The standard InChI is InChI=1S/C20H27N5/c1-16-8-9-21-20(23-16)22-14-17-4-6-19(7-5-17)25-12-10-24(11-13-25)15-18-2-3-18/h4-9,18H,2-3,10-15H2,1H3,(H,21,22,23). The van der Waals surface area contributed by atoms with E-state index >= 15 is 0 Å². The quantitative estimate of drug-likeness (QED) is 0.878. The van der Waals surface area contributed by atoms with Gasteiger partial charge in [0.25, 0.3) is 0 Å². The summed E-state index contributed by atoms with van der Waals surface area (Å²) in [6.45, 7) is 8.72. The molecule has 1 N–H and O–H groups in total. The molecule has 1 aliphatic carbocycles. The number of piperazine rings is 1. The Bertz CT molecular complexity index is 687. The second-order valence-electron chi connectivity index (χ2n) is 7.27. The molecule has 4 rings (SSSR count). The Kier molecular flexibility index (Phi) is 4.83. The lowest BCUT2D eigenvalue weighted by molar-refractivity contribution is 0.248. The van der Waals surface area contributed by atoms with Crippen molar-refractivity contribution in [3.05, 3.63) is 47.8 Å². The average molecular weight is 337 g/mol. The molecule has 1 aliphatic heterocycles. The number of benzene rings is 1.